The van der Waals surface area contributed by atoms with Crippen molar-refractivity contribution < 1.29 is 0 Å². The molecular formula is C13H26N6. The zero-order valence-electron chi connectivity index (χ0n) is 12.5. The van der Waals surface area contributed by atoms with Gasteiger partial charge in [-0.1, -0.05) is 0 Å². The van der Waals surface area contributed by atoms with Crippen molar-refractivity contribution in [1.29, 1.82) is 0 Å². The summed E-state index contributed by atoms with van der Waals surface area (Å²) in [6.45, 7) is 5.29. The van der Waals surface area contributed by atoms with E-state index < -0.39 is 0 Å². The minimum Gasteiger partial charge on any atom is -0.370 e. The van der Waals surface area contributed by atoms with Crippen molar-refractivity contribution in [1.82, 2.24) is 14.9 Å². The standard InChI is InChI=1S/C13H26N6/c1-11-16-12(15-7-5-8-18(2)3)10-13(17-11)19(4)9-6-14/h10H,5-9,14H2,1-4H3,(H,15,16,17). The number of aromatic nitrogens is 2. The van der Waals surface area contributed by atoms with Gasteiger partial charge in [0.25, 0.3) is 0 Å². The first-order chi connectivity index (χ1) is 9.02. The molecular weight excluding hydrogens is 240 g/mol. The number of hydrogen-bond donors (Lipinski definition) is 2. The predicted octanol–water partition coefficient (Wildman–Crippen LogP) is 0.544. The Morgan fingerprint density at radius 3 is 2.58 bits per heavy atom. The number of likely N-dealkylation sites (N-methyl/N-ethyl adjacent to an activating group) is 1. The Morgan fingerprint density at radius 2 is 1.95 bits per heavy atom. The maximum atomic E-state index is 5.56. The van der Waals surface area contributed by atoms with Gasteiger partial charge < -0.3 is 20.9 Å². The number of anilines is 2. The van der Waals surface area contributed by atoms with Crippen LogP contribution in [0.25, 0.3) is 0 Å². The highest BCUT2D eigenvalue weighted by Crippen LogP contribution is 2.14. The molecule has 0 aliphatic heterocycles. The first-order valence-electron chi connectivity index (χ1n) is 6.68. The van der Waals surface area contributed by atoms with E-state index in [9.17, 15) is 0 Å². The van der Waals surface area contributed by atoms with Gasteiger partial charge in [-0.15, -0.1) is 0 Å². The van der Waals surface area contributed by atoms with Gasteiger partial charge in [0.1, 0.15) is 17.5 Å². The van der Waals surface area contributed by atoms with Crippen LogP contribution in [0.1, 0.15) is 12.2 Å². The summed E-state index contributed by atoms with van der Waals surface area (Å²) in [4.78, 5) is 13.0. The third-order valence-corrected chi connectivity index (χ3v) is 2.77. The molecule has 6 nitrogen and oxygen atoms in total. The van der Waals surface area contributed by atoms with E-state index in [2.05, 4.69) is 34.3 Å². The molecule has 0 saturated carbocycles. The molecule has 108 valence electrons. The Morgan fingerprint density at radius 1 is 1.21 bits per heavy atom. The fourth-order valence-corrected chi connectivity index (χ4v) is 1.76. The first-order valence-corrected chi connectivity index (χ1v) is 6.68. The van der Waals surface area contributed by atoms with Gasteiger partial charge in [-0.05, 0) is 34.0 Å². The Balaban J connectivity index is 2.58. The molecule has 0 radical (unpaired) electrons. The van der Waals surface area contributed by atoms with Crippen LogP contribution in [0, 0.1) is 6.92 Å². The number of aryl methyl sites for hydroxylation is 1. The van der Waals surface area contributed by atoms with Gasteiger partial charge in [-0.2, -0.15) is 0 Å². The van der Waals surface area contributed by atoms with Crippen LogP contribution in [-0.2, 0) is 0 Å². The molecule has 0 atom stereocenters. The second-order valence-electron chi connectivity index (χ2n) is 4.95. The van der Waals surface area contributed by atoms with Crippen LogP contribution in [0.15, 0.2) is 6.07 Å². The van der Waals surface area contributed by atoms with E-state index in [0.717, 1.165) is 43.5 Å². The zero-order valence-corrected chi connectivity index (χ0v) is 12.5. The van der Waals surface area contributed by atoms with Crippen LogP contribution >= 0.6 is 0 Å². The molecule has 3 N–H and O–H groups in total. The van der Waals surface area contributed by atoms with E-state index in [1.807, 2.05) is 24.9 Å². The quantitative estimate of drug-likeness (QED) is 0.669. The molecule has 0 spiro atoms. The van der Waals surface area contributed by atoms with Crippen LogP contribution in [-0.4, -0.2) is 62.2 Å². The predicted molar refractivity (Wildman–Crippen MR) is 80.8 cm³/mol. The van der Waals surface area contributed by atoms with E-state index in [1.165, 1.54) is 0 Å². The molecule has 6 heteroatoms. The molecule has 0 aliphatic rings. The van der Waals surface area contributed by atoms with E-state index in [0.29, 0.717) is 6.54 Å². The second-order valence-corrected chi connectivity index (χ2v) is 4.95. The molecule has 1 aromatic rings. The summed E-state index contributed by atoms with van der Waals surface area (Å²) < 4.78 is 0. The molecule has 1 heterocycles. The second kappa shape index (κ2) is 7.91. The highest BCUT2D eigenvalue weighted by atomic mass is 15.2. The number of nitrogens with one attached hydrogen (secondary N) is 1. The van der Waals surface area contributed by atoms with Crippen LogP contribution in [0.5, 0.6) is 0 Å². The maximum absolute atomic E-state index is 5.56. The topological polar surface area (TPSA) is 70.3 Å². The number of nitrogens with zero attached hydrogens (tertiary/aromatic N) is 4. The fraction of sp³-hybridized carbons (Fsp3) is 0.692. The first kappa shape index (κ1) is 15.7. The number of hydrogen-bond acceptors (Lipinski definition) is 6. The van der Waals surface area contributed by atoms with E-state index >= 15 is 0 Å². The SMILES string of the molecule is Cc1nc(NCCCN(C)C)cc(N(C)CCN)n1. The lowest BCUT2D eigenvalue weighted by Crippen LogP contribution is -2.26. The van der Waals surface area contributed by atoms with Crippen molar-refractivity contribution in [3.05, 3.63) is 11.9 Å². The number of rotatable bonds is 8. The highest BCUT2D eigenvalue weighted by molar-refractivity contribution is 5.48. The van der Waals surface area contributed by atoms with Crippen molar-refractivity contribution in [2.75, 3.05) is 57.5 Å². The molecule has 0 unspecified atom stereocenters. The van der Waals surface area contributed by atoms with Crippen LogP contribution in [0.4, 0.5) is 11.6 Å². The third-order valence-electron chi connectivity index (χ3n) is 2.77. The average Bonchev–Trinajstić information content (AvgIpc) is 2.34. The minimum atomic E-state index is 0.616. The number of nitrogens with two attached hydrogens (primary N) is 1. The van der Waals surface area contributed by atoms with Crippen LogP contribution < -0.4 is 16.0 Å². The molecule has 19 heavy (non-hydrogen) atoms. The summed E-state index contributed by atoms with van der Waals surface area (Å²) in [6.07, 6.45) is 1.09. The lowest BCUT2D eigenvalue weighted by molar-refractivity contribution is 0.405. The molecule has 0 aliphatic carbocycles. The van der Waals surface area contributed by atoms with Gasteiger partial charge in [-0.3, -0.25) is 0 Å². The van der Waals surface area contributed by atoms with Crippen molar-refractivity contribution in [3.63, 3.8) is 0 Å². The van der Waals surface area contributed by atoms with E-state index in [1.54, 1.807) is 0 Å². The highest BCUT2D eigenvalue weighted by Gasteiger charge is 2.05. The Kier molecular flexibility index (Phi) is 6.52. The Hall–Kier alpha value is -1.40. The minimum absolute atomic E-state index is 0.616. The fourth-order valence-electron chi connectivity index (χ4n) is 1.76. The van der Waals surface area contributed by atoms with Crippen molar-refractivity contribution >= 4 is 11.6 Å². The smallest absolute Gasteiger partial charge is 0.134 e. The third kappa shape index (κ3) is 5.85. The summed E-state index contributed by atoms with van der Waals surface area (Å²) in [5, 5.41) is 3.34. The molecule has 0 aromatic carbocycles. The lowest BCUT2D eigenvalue weighted by atomic mass is 10.4. The molecule has 0 amide bonds. The lowest BCUT2D eigenvalue weighted by Gasteiger charge is -2.18. The summed E-state index contributed by atoms with van der Waals surface area (Å²) in [5.74, 6) is 2.56. The van der Waals surface area contributed by atoms with Gasteiger partial charge in [0.15, 0.2) is 0 Å². The molecule has 1 rings (SSSR count). The van der Waals surface area contributed by atoms with E-state index in [4.69, 9.17) is 5.73 Å². The molecule has 0 fully saturated rings. The summed E-state index contributed by atoms with van der Waals surface area (Å²) in [7, 11) is 6.15. The largest absolute Gasteiger partial charge is 0.370 e. The van der Waals surface area contributed by atoms with Gasteiger partial charge >= 0.3 is 0 Å². The van der Waals surface area contributed by atoms with Crippen molar-refractivity contribution in [2.24, 2.45) is 5.73 Å². The van der Waals surface area contributed by atoms with Crippen LogP contribution in [0.2, 0.25) is 0 Å². The maximum Gasteiger partial charge on any atom is 0.134 e. The molecule has 0 bridgehead atoms. The molecule has 0 saturated heterocycles. The Labute approximate surface area is 116 Å². The average molecular weight is 266 g/mol. The summed E-state index contributed by atoms with van der Waals surface area (Å²) in [5.41, 5.74) is 5.56. The van der Waals surface area contributed by atoms with E-state index in [-0.39, 0.29) is 0 Å². The zero-order chi connectivity index (χ0) is 14.3. The van der Waals surface area contributed by atoms with Gasteiger partial charge in [-0.25, -0.2) is 9.97 Å². The Bertz CT molecular complexity index is 379. The van der Waals surface area contributed by atoms with Gasteiger partial charge in [0.2, 0.25) is 0 Å². The normalized spacial score (nSPS) is 10.8. The van der Waals surface area contributed by atoms with Gasteiger partial charge in [0, 0.05) is 32.7 Å². The van der Waals surface area contributed by atoms with Gasteiger partial charge in [0.05, 0.1) is 0 Å². The van der Waals surface area contributed by atoms with Crippen molar-refractivity contribution in [2.45, 2.75) is 13.3 Å². The summed E-state index contributed by atoms with van der Waals surface area (Å²) >= 11 is 0. The molecule has 1 aromatic heterocycles. The monoisotopic (exact) mass is 266 g/mol. The van der Waals surface area contributed by atoms with Crippen molar-refractivity contribution in [3.8, 4) is 0 Å². The summed E-state index contributed by atoms with van der Waals surface area (Å²) in [6, 6.07) is 1.97. The van der Waals surface area contributed by atoms with Crippen LogP contribution in [0.3, 0.4) is 0 Å².